The number of sulfonamides is 1. The maximum Gasteiger partial charge on any atom is 0.211 e. The van der Waals surface area contributed by atoms with Gasteiger partial charge in [0.25, 0.3) is 0 Å². The molecule has 1 aliphatic rings. The normalized spacial score (nSPS) is 17.6. The van der Waals surface area contributed by atoms with Crippen molar-refractivity contribution in [3.05, 3.63) is 35.9 Å². The average molecular weight is 284 g/mol. The van der Waals surface area contributed by atoms with Gasteiger partial charge in [-0.15, -0.1) is 0 Å². The monoisotopic (exact) mass is 284 g/mol. The van der Waals surface area contributed by atoms with Gasteiger partial charge in [0.1, 0.15) is 0 Å². The lowest BCUT2D eigenvalue weighted by molar-refractivity contribution is 0.182. The van der Waals surface area contributed by atoms with Crippen molar-refractivity contribution in [1.82, 2.24) is 9.21 Å². The van der Waals surface area contributed by atoms with Crippen molar-refractivity contribution in [1.29, 1.82) is 0 Å². The van der Waals surface area contributed by atoms with Crippen LogP contribution in [-0.4, -0.2) is 50.1 Å². The molecule has 1 aromatic rings. The molecule has 0 bridgehead atoms. The van der Waals surface area contributed by atoms with Crippen LogP contribution in [0, 0.1) is 0 Å². The summed E-state index contributed by atoms with van der Waals surface area (Å²) in [6, 6.07) is 10.3. The lowest BCUT2D eigenvalue weighted by Crippen LogP contribution is -2.47. The van der Waals surface area contributed by atoms with Crippen LogP contribution >= 0.6 is 0 Å². The zero-order valence-corrected chi connectivity index (χ0v) is 12.9. The highest BCUT2D eigenvalue weighted by Gasteiger charge is 2.22. The van der Waals surface area contributed by atoms with Crippen molar-refractivity contribution >= 4 is 10.0 Å². The third-order valence-electron chi connectivity index (χ3n) is 3.05. The molecule has 0 unspecified atom stereocenters. The smallest absolute Gasteiger partial charge is 0.211 e. The Labute approximate surface area is 117 Å². The Morgan fingerprint density at radius 1 is 1.00 bits per heavy atom. The van der Waals surface area contributed by atoms with Crippen LogP contribution in [0.4, 0.5) is 0 Å². The molecular formula is C14H24N2O2S. The van der Waals surface area contributed by atoms with Gasteiger partial charge in [-0.3, -0.25) is 4.90 Å². The molecule has 0 N–H and O–H groups in total. The molecule has 1 fully saturated rings. The van der Waals surface area contributed by atoms with Crippen molar-refractivity contribution in [2.45, 2.75) is 20.4 Å². The predicted molar refractivity (Wildman–Crippen MR) is 79.5 cm³/mol. The number of benzene rings is 1. The Balaban J connectivity index is 0.000000861. The largest absolute Gasteiger partial charge is 0.296 e. The summed E-state index contributed by atoms with van der Waals surface area (Å²) in [4.78, 5) is 2.29. The van der Waals surface area contributed by atoms with E-state index < -0.39 is 10.0 Å². The van der Waals surface area contributed by atoms with E-state index in [-0.39, 0.29) is 0 Å². The van der Waals surface area contributed by atoms with E-state index in [1.54, 1.807) is 4.31 Å². The molecule has 0 aromatic heterocycles. The van der Waals surface area contributed by atoms with Crippen LogP contribution in [0.15, 0.2) is 30.3 Å². The van der Waals surface area contributed by atoms with E-state index in [0.717, 1.165) is 19.6 Å². The molecule has 2 rings (SSSR count). The van der Waals surface area contributed by atoms with E-state index in [2.05, 4.69) is 17.0 Å². The first-order valence-corrected chi connectivity index (χ1v) is 8.62. The first-order valence-electron chi connectivity index (χ1n) is 6.77. The van der Waals surface area contributed by atoms with Gasteiger partial charge in [0, 0.05) is 32.7 Å². The van der Waals surface area contributed by atoms with Gasteiger partial charge in [-0.25, -0.2) is 8.42 Å². The number of nitrogens with zero attached hydrogens (tertiary/aromatic N) is 2. The lowest BCUT2D eigenvalue weighted by atomic mass is 10.2. The minimum atomic E-state index is -3.02. The molecular weight excluding hydrogens is 260 g/mol. The SMILES string of the molecule is CC.CS(=O)(=O)N1CCN(Cc2ccccc2)CC1. The average Bonchev–Trinajstić information content (AvgIpc) is 2.42. The topological polar surface area (TPSA) is 40.6 Å². The molecule has 0 radical (unpaired) electrons. The van der Waals surface area contributed by atoms with Gasteiger partial charge < -0.3 is 0 Å². The zero-order valence-electron chi connectivity index (χ0n) is 12.0. The van der Waals surface area contributed by atoms with Crippen LogP contribution in [0.1, 0.15) is 19.4 Å². The van der Waals surface area contributed by atoms with Gasteiger partial charge in [0.2, 0.25) is 10.0 Å². The van der Waals surface area contributed by atoms with Crippen molar-refractivity contribution < 1.29 is 8.42 Å². The Morgan fingerprint density at radius 2 is 1.53 bits per heavy atom. The maximum absolute atomic E-state index is 11.4. The van der Waals surface area contributed by atoms with Crippen LogP contribution in [0.25, 0.3) is 0 Å². The third kappa shape index (κ3) is 5.30. The van der Waals surface area contributed by atoms with Gasteiger partial charge in [-0.1, -0.05) is 44.2 Å². The molecule has 4 nitrogen and oxygen atoms in total. The maximum atomic E-state index is 11.4. The molecule has 19 heavy (non-hydrogen) atoms. The van der Waals surface area contributed by atoms with Crippen LogP contribution in [0.5, 0.6) is 0 Å². The summed E-state index contributed by atoms with van der Waals surface area (Å²) in [5, 5.41) is 0. The second kappa shape index (κ2) is 7.62. The Morgan fingerprint density at radius 3 is 2.00 bits per heavy atom. The standard InChI is InChI=1S/C12H18N2O2S.C2H6/c1-17(15,16)14-9-7-13(8-10-14)11-12-5-3-2-4-6-12;1-2/h2-6H,7-11H2,1H3;1-2H3. The molecule has 0 spiro atoms. The second-order valence-electron chi connectivity index (χ2n) is 4.42. The van der Waals surface area contributed by atoms with Crippen LogP contribution in [0.2, 0.25) is 0 Å². The van der Waals surface area contributed by atoms with E-state index in [1.165, 1.54) is 11.8 Å². The highest BCUT2D eigenvalue weighted by Crippen LogP contribution is 2.10. The molecule has 0 saturated carbocycles. The van der Waals surface area contributed by atoms with Crippen LogP contribution in [-0.2, 0) is 16.6 Å². The van der Waals surface area contributed by atoms with E-state index in [9.17, 15) is 8.42 Å². The van der Waals surface area contributed by atoms with Crippen molar-refractivity contribution in [3.8, 4) is 0 Å². The Kier molecular flexibility index (Phi) is 6.48. The summed E-state index contributed by atoms with van der Waals surface area (Å²) in [7, 11) is -3.02. The molecule has 1 saturated heterocycles. The van der Waals surface area contributed by atoms with Crippen molar-refractivity contribution in [2.24, 2.45) is 0 Å². The van der Waals surface area contributed by atoms with Gasteiger partial charge in [0.15, 0.2) is 0 Å². The lowest BCUT2D eigenvalue weighted by Gasteiger charge is -2.33. The number of hydrogen-bond donors (Lipinski definition) is 0. The molecule has 0 amide bonds. The summed E-state index contributed by atoms with van der Waals surface area (Å²) in [5.74, 6) is 0. The summed E-state index contributed by atoms with van der Waals surface area (Å²) in [6.07, 6.45) is 1.28. The highest BCUT2D eigenvalue weighted by molar-refractivity contribution is 7.88. The number of piperazine rings is 1. The van der Waals surface area contributed by atoms with Gasteiger partial charge in [0.05, 0.1) is 6.26 Å². The van der Waals surface area contributed by atoms with E-state index in [1.807, 2.05) is 32.0 Å². The molecule has 0 aliphatic carbocycles. The Bertz CT molecular complexity index is 452. The summed E-state index contributed by atoms with van der Waals surface area (Å²) < 4.78 is 24.3. The second-order valence-corrected chi connectivity index (χ2v) is 6.41. The molecule has 108 valence electrons. The Hall–Kier alpha value is -0.910. The fraction of sp³-hybridized carbons (Fsp3) is 0.571. The van der Waals surface area contributed by atoms with E-state index >= 15 is 0 Å². The van der Waals surface area contributed by atoms with E-state index in [0.29, 0.717) is 13.1 Å². The first kappa shape index (κ1) is 16.1. The molecule has 0 atom stereocenters. The minimum Gasteiger partial charge on any atom is -0.296 e. The third-order valence-corrected chi connectivity index (χ3v) is 4.35. The molecule has 1 aliphatic heterocycles. The summed E-state index contributed by atoms with van der Waals surface area (Å²) in [6.45, 7) is 7.72. The first-order chi connectivity index (χ1) is 9.05. The highest BCUT2D eigenvalue weighted by atomic mass is 32.2. The van der Waals surface area contributed by atoms with Crippen LogP contribution < -0.4 is 0 Å². The number of hydrogen-bond acceptors (Lipinski definition) is 3. The van der Waals surface area contributed by atoms with Crippen molar-refractivity contribution in [3.63, 3.8) is 0 Å². The predicted octanol–water partition coefficient (Wildman–Crippen LogP) is 1.79. The molecule has 5 heteroatoms. The molecule has 1 aromatic carbocycles. The van der Waals surface area contributed by atoms with E-state index in [4.69, 9.17) is 0 Å². The van der Waals surface area contributed by atoms with Crippen LogP contribution in [0.3, 0.4) is 0 Å². The van der Waals surface area contributed by atoms with Gasteiger partial charge in [-0.05, 0) is 5.56 Å². The quantitative estimate of drug-likeness (QED) is 0.849. The minimum absolute atomic E-state index is 0.603. The molecule has 1 heterocycles. The van der Waals surface area contributed by atoms with Gasteiger partial charge >= 0.3 is 0 Å². The summed E-state index contributed by atoms with van der Waals surface area (Å²) in [5.41, 5.74) is 1.28. The number of rotatable bonds is 3. The fourth-order valence-corrected chi connectivity index (χ4v) is 2.89. The zero-order chi connectivity index (χ0) is 14.3. The fourth-order valence-electron chi connectivity index (χ4n) is 2.06. The van der Waals surface area contributed by atoms with Gasteiger partial charge in [-0.2, -0.15) is 4.31 Å². The summed E-state index contributed by atoms with van der Waals surface area (Å²) >= 11 is 0. The van der Waals surface area contributed by atoms with Crippen molar-refractivity contribution in [2.75, 3.05) is 32.4 Å².